The summed E-state index contributed by atoms with van der Waals surface area (Å²) in [6.45, 7) is 0. The predicted molar refractivity (Wildman–Crippen MR) is 108 cm³/mol. The van der Waals surface area contributed by atoms with E-state index in [9.17, 15) is 0 Å². The van der Waals surface area contributed by atoms with Crippen molar-refractivity contribution in [2.75, 3.05) is 0 Å². The molecule has 0 unspecified atom stereocenters. The van der Waals surface area contributed by atoms with Crippen molar-refractivity contribution in [3.8, 4) is 22.9 Å². The van der Waals surface area contributed by atoms with Crippen LogP contribution in [0.3, 0.4) is 0 Å². The van der Waals surface area contributed by atoms with Gasteiger partial charge in [-0.05, 0) is 56.1 Å². The number of rotatable bonds is 2. The van der Waals surface area contributed by atoms with Gasteiger partial charge in [-0.3, -0.25) is 0 Å². The number of benzene rings is 3. The Labute approximate surface area is 165 Å². The molecule has 0 atom stereocenters. The normalized spacial score (nSPS) is 11.5. The number of aromatic nitrogens is 2. The summed E-state index contributed by atoms with van der Waals surface area (Å²) in [6.07, 6.45) is 0. The first-order valence-corrected chi connectivity index (χ1v) is 9.50. The van der Waals surface area contributed by atoms with Crippen molar-refractivity contribution in [1.82, 2.24) is 9.97 Å². The largest absolute Gasteiger partial charge is 0.435 e. The van der Waals surface area contributed by atoms with Crippen molar-refractivity contribution in [3.63, 3.8) is 0 Å². The first-order chi connectivity index (χ1) is 12.7. The van der Waals surface area contributed by atoms with Crippen LogP contribution in [0.25, 0.3) is 45.1 Å². The van der Waals surface area contributed by atoms with Gasteiger partial charge in [0, 0.05) is 11.1 Å². The summed E-state index contributed by atoms with van der Waals surface area (Å²) in [4.78, 5) is 9.29. The molecule has 2 aromatic heterocycles. The average Bonchev–Trinajstić information content (AvgIpc) is 3.33. The van der Waals surface area contributed by atoms with Gasteiger partial charge in [-0.2, -0.15) is 0 Å². The molecule has 0 spiro atoms. The lowest BCUT2D eigenvalue weighted by Gasteiger charge is -1.96. The lowest BCUT2D eigenvalue weighted by atomic mass is 10.2. The second kappa shape index (κ2) is 6.07. The molecule has 0 saturated carbocycles. The highest BCUT2D eigenvalue weighted by Crippen LogP contribution is 2.42. The molecule has 0 radical (unpaired) electrons. The first kappa shape index (κ1) is 15.8. The molecule has 26 heavy (non-hydrogen) atoms. The van der Waals surface area contributed by atoms with Crippen molar-refractivity contribution in [1.29, 1.82) is 0 Å². The molecule has 5 aromatic rings. The highest BCUT2D eigenvalue weighted by molar-refractivity contribution is 9.11. The van der Waals surface area contributed by atoms with Gasteiger partial charge in [0.25, 0.3) is 0 Å². The van der Waals surface area contributed by atoms with Crippen molar-refractivity contribution in [2.24, 2.45) is 0 Å². The van der Waals surface area contributed by atoms with Gasteiger partial charge in [-0.1, -0.05) is 36.4 Å². The number of halogens is 2. The van der Waals surface area contributed by atoms with Gasteiger partial charge < -0.3 is 8.83 Å². The molecular weight excluding hydrogens is 460 g/mol. The van der Waals surface area contributed by atoms with Gasteiger partial charge >= 0.3 is 0 Å². The smallest absolute Gasteiger partial charge is 0.227 e. The standard InChI is InChI=1S/C20H10Br2N2O2/c21-13-15-17(25-19(23-15)11-7-3-1-4-8-11)14(22)16-18(13)26-20(24-16)12-9-5-2-6-10-12/h1-10H. The van der Waals surface area contributed by atoms with E-state index in [0.717, 1.165) is 20.1 Å². The van der Waals surface area contributed by atoms with Crippen molar-refractivity contribution in [2.45, 2.75) is 0 Å². The minimum atomic E-state index is 0.554. The molecule has 0 fully saturated rings. The number of hydrogen-bond donors (Lipinski definition) is 0. The van der Waals surface area contributed by atoms with Gasteiger partial charge in [0.1, 0.15) is 11.0 Å². The maximum Gasteiger partial charge on any atom is 0.227 e. The summed E-state index contributed by atoms with van der Waals surface area (Å²) >= 11 is 7.22. The lowest BCUT2D eigenvalue weighted by Crippen LogP contribution is -1.79. The lowest BCUT2D eigenvalue weighted by molar-refractivity contribution is 0.616. The van der Waals surface area contributed by atoms with E-state index >= 15 is 0 Å². The van der Waals surface area contributed by atoms with Gasteiger partial charge in [0.05, 0.1) is 8.95 Å². The molecule has 2 heterocycles. The van der Waals surface area contributed by atoms with E-state index in [-0.39, 0.29) is 0 Å². The summed E-state index contributed by atoms with van der Waals surface area (Å²) < 4.78 is 13.5. The van der Waals surface area contributed by atoms with Crippen LogP contribution in [-0.4, -0.2) is 9.97 Å². The molecule has 3 aromatic carbocycles. The fourth-order valence-corrected chi connectivity index (χ4v) is 3.93. The number of oxazole rings is 2. The van der Waals surface area contributed by atoms with Crippen LogP contribution in [-0.2, 0) is 0 Å². The van der Waals surface area contributed by atoms with E-state index in [1.807, 2.05) is 60.7 Å². The molecule has 5 rings (SSSR count). The van der Waals surface area contributed by atoms with E-state index in [1.54, 1.807) is 0 Å². The summed E-state index contributed by atoms with van der Waals surface area (Å²) in [5.41, 5.74) is 4.49. The van der Waals surface area contributed by atoms with E-state index in [0.29, 0.717) is 34.0 Å². The van der Waals surface area contributed by atoms with Crippen LogP contribution in [0.2, 0.25) is 0 Å². The Morgan fingerprint density at radius 1 is 0.577 bits per heavy atom. The van der Waals surface area contributed by atoms with Crippen LogP contribution in [0.5, 0.6) is 0 Å². The molecule has 0 aliphatic heterocycles. The Morgan fingerprint density at radius 3 is 1.35 bits per heavy atom. The second-order valence-electron chi connectivity index (χ2n) is 5.75. The Bertz CT molecular complexity index is 1090. The zero-order valence-corrected chi connectivity index (χ0v) is 16.4. The minimum Gasteiger partial charge on any atom is -0.435 e. The van der Waals surface area contributed by atoms with E-state index in [2.05, 4.69) is 41.8 Å². The van der Waals surface area contributed by atoms with Crippen LogP contribution in [0.4, 0.5) is 0 Å². The van der Waals surface area contributed by atoms with Crippen molar-refractivity contribution < 1.29 is 8.83 Å². The van der Waals surface area contributed by atoms with E-state index in [4.69, 9.17) is 8.83 Å². The Kier molecular flexibility index (Phi) is 3.69. The zero-order chi connectivity index (χ0) is 17.7. The molecule has 0 aliphatic rings. The number of nitrogens with zero attached hydrogens (tertiary/aromatic N) is 2. The van der Waals surface area contributed by atoms with Crippen LogP contribution < -0.4 is 0 Å². The summed E-state index contributed by atoms with van der Waals surface area (Å²) in [5, 5.41) is 0. The van der Waals surface area contributed by atoms with E-state index < -0.39 is 0 Å². The Hall–Kier alpha value is -2.44. The zero-order valence-electron chi connectivity index (χ0n) is 13.2. The average molecular weight is 470 g/mol. The number of fused-ring (bicyclic) bond motifs is 2. The van der Waals surface area contributed by atoms with E-state index in [1.165, 1.54) is 0 Å². The molecule has 0 N–H and O–H groups in total. The summed E-state index contributed by atoms with van der Waals surface area (Å²) in [5.74, 6) is 1.11. The predicted octanol–water partition coefficient (Wildman–Crippen LogP) is 6.83. The minimum absolute atomic E-state index is 0.554. The third kappa shape index (κ3) is 2.40. The SMILES string of the molecule is Brc1c2nc(-c3ccccc3)oc2c(Br)c2nc(-c3ccccc3)oc12. The van der Waals surface area contributed by atoms with Crippen LogP contribution in [0, 0.1) is 0 Å². The van der Waals surface area contributed by atoms with Gasteiger partial charge in [-0.25, -0.2) is 9.97 Å². The van der Waals surface area contributed by atoms with Crippen molar-refractivity contribution >= 4 is 54.1 Å². The number of hydrogen-bond acceptors (Lipinski definition) is 4. The van der Waals surface area contributed by atoms with Crippen LogP contribution in [0.15, 0.2) is 78.4 Å². The van der Waals surface area contributed by atoms with Crippen molar-refractivity contribution in [3.05, 3.63) is 69.6 Å². The van der Waals surface area contributed by atoms with Crippen LogP contribution >= 0.6 is 31.9 Å². The molecule has 0 saturated heterocycles. The third-order valence-electron chi connectivity index (χ3n) is 4.11. The maximum absolute atomic E-state index is 6.02. The molecule has 6 heteroatoms. The molecule has 126 valence electrons. The molecule has 0 amide bonds. The van der Waals surface area contributed by atoms with Gasteiger partial charge in [0.2, 0.25) is 11.8 Å². The van der Waals surface area contributed by atoms with Crippen LogP contribution in [0.1, 0.15) is 0 Å². The second-order valence-corrected chi connectivity index (χ2v) is 7.34. The first-order valence-electron chi connectivity index (χ1n) is 7.91. The third-order valence-corrected chi connectivity index (χ3v) is 5.58. The molecule has 0 aliphatic carbocycles. The fourth-order valence-electron chi connectivity index (χ4n) is 2.86. The summed E-state index contributed by atoms with van der Waals surface area (Å²) in [7, 11) is 0. The molecule has 4 nitrogen and oxygen atoms in total. The molecular formula is C20H10Br2N2O2. The fraction of sp³-hybridized carbons (Fsp3) is 0. The topological polar surface area (TPSA) is 52.1 Å². The Balaban J connectivity index is 1.76. The quantitative estimate of drug-likeness (QED) is 0.284. The monoisotopic (exact) mass is 468 g/mol. The van der Waals surface area contributed by atoms with Gasteiger partial charge in [-0.15, -0.1) is 0 Å². The maximum atomic E-state index is 6.02. The molecule has 0 bridgehead atoms. The highest BCUT2D eigenvalue weighted by atomic mass is 79.9. The van der Waals surface area contributed by atoms with Gasteiger partial charge in [0.15, 0.2) is 11.2 Å². The summed E-state index contributed by atoms with van der Waals surface area (Å²) in [6, 6.07) is 19.6. The highest BCUT2D eigenvalue weighted by Gasteiger charge is 2.22. The Morgan fingerprint density at radius 2 is 0.962 bits per heavy atom.